The number of para-hydroxylation sites is 3. The molecule has 2 aromatic rings. The van der Waals surface area contributed by atoms with Gasteiger partial charge in [0.05, 0.1) is 18.8 Å². The van der Waals surface area contributed by atoms with Crippen molar-refractivity contribution in [3.63, 3.8) is 0 Å². The van der Waals surface area contributed by atoms with Gasteiger partial charge >= 0.3 is 0 Å². The first-order chi connectivity index (χ1) is 11.1. The van der Waals surface area contributed by atoms with Crippen LogP contribution in [0.1, 0.15) is 6.92 Å². The third kappa shape index (κ3) is 5.10. The van der Waals surface area contributed by atoms with Crippen molar-refractivity contribution >= 4 is 23.0 Å². The lowest BCUT2D eigenvalue weighted by Gasteiger charge is -2.18. The normalized spacial score (nSPS) is 11.4. The number of benzene rings is 2. The number of halogens is 1. The molecule has 2 N–H and O–H groups in total. The zero-order valence-corrected chi connectivity index (χ0v) is 13.8. The number of thiocarbonyl (C=S) groups is 1. The lowest BCUT2D eigenvalue weighted by atomic mass is 10.3. The fourth-order valence-electron chi connectivity index (χ4n) is 1.94. The van der Waals surface area contributed by atoms with Crippen LogP contribution in [0.25, 0.3) is 0 Å². The van der Waals surface area contributed by atoms with Crippen LogP contribution in [0.2, 0.25) is 0 Å². The minimum Gasteiger partial charge on any atom is -0.493 e. The van der Waals surface area contributed by atoms with E-state index in [1.165, 1.54) is 6.07 Å². The Morgan fingerprint density at radius 2 is 1.78 bits per heavy atom. The minimum atomic E-state index is -0.352. The molecule has 4 nitrogen and oxygen atoms in total. The molecule has 0 aliphatic carbocycles. The van der Waals surface area contributed by atoms with Gasteiger partial charge in [-0.15, -0.1) is 0 Å². The average Bonchev–Trinajstić information content (AvgIpc) is 2.55. The second-order valence-electron chi connectivity index (χ2n) is 4.94. The zero-order valence-electron chi connectivity index (χ0n) is 13.0. The summed E-state index contributed by atoms with van der Waals surface area (Å²) < 4.78 is 24.5. The molecule has 0 bridgehead atoms. The van der Waals surface area contributed by atoms with E-state index in [0.717, 1.165) is 0 Å². The molecule has 2 aromatic carbocycles. The Bertz CT molecular complexity index is 667. The summed E-state index contributed by atoms with van der Waals surface area (Å²) in [6.07, 6.45) is 0. The molecule has 0 fully saturated rings. The third-order valence-corrected chi connectivity index (χ3v) is 3.28. The van der Waals surface area contributed by atoms with E-state index >= 15 is 0 Å². The number of nitrogens with one attached hydrogen (secondary N) is 2. The quantitative estimate of drug-likeness (QED) is 0.790. The molecular formula is C17H19FN2O2S. The van der Waals surface area contributed by atoms with E-state index in [1.807, 2.05) is 31.2 Å². The van der Waals surface area contributed by atoms with Crippen molar-refractivity contribution in [1.29, 1.82) is 0 Å². The van der Waals surface area contributed by atoms with E-state index in [0.29, 0.717) is 28.9 Å². The van der Waals surface area contributed by atoms with Crippen LogP contribution in [0.4, 0.5) is 10.1 Å². The fourth-order valence-corrected chi connectivity index (χ4v) is 2.25. The van der Waals surface area contributed by atoms with Gasteiger partial charge in [0.2, 0.25) is 0 Å². The van der Waals surface area contributed by atoms with Crippen LogP contribution < -0.4 is 20.1 Å². The van der Waals surface area contributed by atoms with Gasteiger partial charge in [-0.25, -0.2) is 4.39 Å². The molecule has 122 valence electrons. The first-order valence-electron chi connectivity index (χ1n) is 7.18. The van der Waals surface area contributed by atoms with Crippen LogP contribution in [-0.2, 0) is 0 Å². The van der Waals surface area contributed by atoms with Crippen LogP contribution in [0.5, 0.6) is 11.5 Å². The van der Waals surface area contributed by atoms with E-state index in [-0.39, 0.29) is 11.9 Å². The lowest BCUT2D eigenvalue weighted by molar-refractivity contribution is 0.270. The van der Waals surface area contributed by atoms with Crippen LogP contribution in [0.3, 0.4) is 0 Å². The molecule has 23 heavy (non-hydrogen) atoms. The largest absolute Gasteiger partial charge is 0.493 e. The highest BCUT2D eigenvalue weighted by molar-refractivity contribution is 7.80. The SMILES string of the molecule is COc1ccccc1OCC(C)NC(=S)Nc1ccccc1F. The second-order valence-corrected chi connectivity index (χ2v) is 5.35. The Balaban J connectivity index is 1.83. The monoisotopic (exact) mass is 334 g/mol. The molecule has 1 atom stereocenters. The Labute approximate surface area is 140 Å². The van der Waals surface area contributed by atoms with Gasteiger partial charge in [-0.05, 0) is 43.4 Å². The first kappa shape index (κ1) is 17.0. The Hall–Kier alpha value is -2.34. The zero-order chi connectivity index (χ0) is 16.7. The number of ether oxygens (including phenoxy) is 2. The standard InChI is InChI=1S/C17H19FN2O2S/c1-12(11-22-16-10-6-5-9-15(16)21-2)19-17(23)20-14-8-4-3-7-13(14)18/h3-10,12H,11H2,1-2H3,(H2,19,20,23). The summed E-state index contributed by atoms with van der Waals surface area (Å²) in [5.74, 6) is 0.984. The van der Waals surface area contributed by atoms with Crippen molar-refractivity contribution in [1.82, 2.24) is 5.32 Å². The Kier molecular flexibility index (Phi) is 6.17. The van der Waals surface area contributed by atoms with Crippen molar-refractivity contribution in [2.45, 2.75) is 13.0 Å². The molecule has 0 amide bonds. The van der Waals surface area contributed by atoms with Gasteiger partial charge < -0.3 is 20.1 Å². The maximum absolute atomic E-state index is 13.6. The van der Waals surface area contributed by atoms with Crippen LogP contribution in [-0.4, -0.2) is 24.9 Å². The highest BCUT2D eigenvalue weighted by atomic mass is 32.1. The number of hydrogen-bond acceptors (Lipinski definition) is 3. The van der Waals surface area contributed by atoms with Gasteiger partial charge in [-0.3, -0.25) is 0 Å². The molecular weight excluding hydrogens is 315 g/mol. The molecule has 0 aromatic heterocycles. The predicted octanol–water partition coefficient (Wildman–Crippen LogP) is 3.59. The molecule has 0 radical (unpaired) electrons. The average molecular weight is 334 g/mol. The maximum Gasteiger partial charge on any atom is 0.171 e. The van der Waals surface area contributed by atoms with Gasteiger partial charge in [0.25, 0.3) is 0 Å². The van der Waals surface area contributed by atoms with Crippen LogP contribution in [0, 0.1) is 5.82 Å². The second kappa shape index (κ2) is 8.33. The smallest absolute Gasteiger partial charge is 0.171 e. The maximum atomic E-state index is 13.6. The molecule has 0 spiro atoms. The lowest BCUT2D eigenvalue weighted by Crippen LogP contribution is -2.39. The summed E-state index contributed by atoms with van der Waals surface area (Å²) in [4.78, 5) is 0. The highest BCUT2D eigenvalue weighted by Gasteiger charge is 2.09. The van der Waals surface area contributed by atoms with Crippen molar-refractivity contribution in [3.05, 3.63) is 54.3 Å². The number of rotatable bonds is 6. The Morgan fingerprint density at radius 1 is 1.13 bits per heavy atom. The third-order valence-electron chi connectivity index (χ3n) is 3.06. The van der Waals surface area contributed by atoms with E-state index in [9.17, 15) is 4.39 Å². The van der Waals surface area contributed by atoms with Crippen molar-refractivity contribution in [2.75, 3.05) is 19.0 Å². The first-order valence-corrected chi connectivity index (χ1v) is 7.59. The van der Waals surface area contributed by atoms with Crippen molar-refractivity contribution in [3.8, 4) is 11.5 Å². The van der Waals surface area contributed by atoms with Crippen LogP contribution in [0.15, 0.2) is 48.5 Å². The summed E-state index contributed by atoms with van der Waals surface area (Å²) in [6.45, 7) is 2.31. The van der Waals surface area contributed by atoms with E-state index < -0.39 is 0 Å². The molecule has 0 aliphatic heterocycles. The summed E-state index contributed by atoms with van der Waals surface area (Å²) in [6, 6.07) is 13.7. The number of hydrogen-bond donors (Lipinski definition) is 2. The van der Waals surface area contributed by atoms with Crippen molar-refractivity contribution < 1.29 is 13.9 Å². The van der Waals surface area contributed by atoms with Gasteiger partial charge in [-0.2, -0.15) is 0 Å². The van der Waals surface area contributed by atoms with E-state index in [2.05, 4.69) is 10.6 Å². The molecule has 0 heterocycles. The van der Waals surface area contributed by atoms with E-state index in [4.69, 9.17) is 21.7 Å². The molecule has 0 aliphatic rings. The molecule has 0 saturated carbocycles. The number of methoxy groups -OCH3 is 1. The topological polar surface area (TPSA) is 42.5 Å². The molecule has 2 rings (SSSR count). The van der Waals surface area contributed by atoms with Gasteiger partial charge in [0, 0.05) is 0 Å². The molecule has 1 unspecified atom stereocenters. The predicted molar refractivity (Wildman–Crippen MR) is 93.7 cm³/mol. The highest BCUT2D eigenvalue weighted by Crippen LogP contribution is 2.25. The number of anilines is 1. The van der Waals surface area contributed by atoms with E-state index in [1.54, 1.807) is 25.3 Å². The summed E-state index contributed by atoms with van der Waals surface area (Å²) in [7, 11) is 1.59. The Morgan fingerprint density at radius 3 is 2.48 bits per heavy atom. The minimum absolute atomic E-state index is 0.0633. The van der Waals surface area contributed by atoms with Crippen LogP contribution >= 0.6 is 12.2 Å². The fraction of sp³-hybridized carbons (Fsp3) is 0.235. The summed E-state index contributed by atoms with van der Waals surface area (Å²) >= 11 is 5.18. The summed E-state index contributed by atoms with van der Waals surface area (Å²) in [5.41, 5.74) is 0.336. The summed E-state index contributed by atoms with van der Waals surface area (Å²) in [5, 5.41) is 6.22. The molecule has 6 heteroatoms. The van der Waals surface area contributed by atoms with Gasteiger partial charge in [-0.1, -0.05) is 24.3 Å². The van der Waals surface area contributed by atoms with Gasteiger partial charge in [0.1, 0.15) is 12.4 Å². The van der Waals surface area contributed by atoms with Gasteiger partial charge in [0.15, 0.2) is 16.6 Å². The molecule has 0 saturated heterocycles. The van der Waals surface area contributed by atoms with Crippen molar-refractivity contribution in [2.24, 2.45) is 0 Å².